The quantitative estimate of drug-likeness (QED) is 0.333. The van der Waals surface area contributed by atoms with Crippen LogP contribution in [0.15, 0.2) is 47.1 Å². The van der Waals surface area contributed by atoms with E-state index >= 15 is 0 Å². The molecule has 2 aliphatic rings. The highest BCUT2D eigenvalue weighted by molar-refractivity contribution is 5.92. The van der Waals surface area contributed by atoms with Gasteiger partial charge in [-0.1, -0.05) is 24.3 Å². The Hall–Kier alpha value is -2.67. The van der Waals surface area contributed by atoms with E-state index in [1.54, 1.807) is 26.0 Å². The molecule has 0 aromatic carbocycles. The van der Waals surface area contributed by atoms with E-state index in [1.165, 1.54) is 6.92 Å². The molecule has 4 atom stereocenters. The fraction of sp³-hybridized carbons (Fsp3) is 0.500. The zero-order chi connectivity index (χ0) is 21.7. The molecule has 1 saturated heterocycles. The Morgan fingerprint density at radius 3 is 2.62 bits per heavy atom. The predicted molar refractivity (Wildman–Crippen MR) is 106 cm³/mol. The van der Waals surface area contributed by atoms with Gasteiger partial charge in [-0.2, -0.15) is 0 Å². The molecule has 7 heteroatoms. The molecule has 158 valence electrons. The van der Waals surface area contributed by atoms with E-state index in [9.17, 15) is 19.5 Å². The van der Waals surface area contributed by atoms with Gasteiger partial charge in [-0.15, -0.1) is 0 Å². The number of hydrogen-bond acceptors (Lipinski definition) is 7. The van der Waals surface area contributed by atoms with E-state index in [4.69, 9.17) is 14.2 Å². The molecule has 0 spiro atoms. The van der Waals surface area contributed by atoms with Crippen LogP contribution in [-0.4, -0.2) is 47.9 Å². The third-order valence-electron chi connectivity index (χ3n) is 5.15. The first kappa shape index (κ1) is 22.6. The summed E-state index contributed by atoms with van der Waals surface area (Å²) in [4.78, 5) is 36.7. The maximum absolute atomic E-state index is 12.6. The highest BCUT2D eigenvalue weighted by atomic mass is 16.6. The molecular weight excluding hydrogens is 376 g/mol. The van der Waals surface area contributed by atoms with Gasteiger partial charge >= 0.3 is 17.9 Å². The van der Waals surface area contributed by atoms with E-state index in [2.05, 4.69) is 6.58 Å². The number of esters is 3. The molecule has 1 aliphatic heterocycles. The van der Waals surface area contributed by atoms with Gasteiger partial charge in [0.25, 0.3) is 0 Å². The summed E-state index contributed by atoms with van der Waals surface area (Å²) in [5.41, 5.74) is 1.87. The summed E-state index contributed by atoms with van der Waals surface area (Å²) in [7, 11) is 0. The molecular formula is C22H28O7. The summed E-state index contributed by atoms with van der Waals surface area (Å²) in [5, 5.41) is 9.94. The van der Waals surface area contributed by atoms with Crippen LogP contribution in [0, 0.1) is 5.92 Å². The fourth-order valence-corrected chi connectivity index (χ4v) is 3.44. The summed E-state index contributed by atoms with van der Waals surface area (Å²) >= 11 is 0. The van der Waals surface area contributed by atoms with Crippen molar-refractivity contribution in [2.45, 2.75) is 58.8 Å². The van der Waals surface area contributed by atoms with E-state index < -0.39 is 48.7 Å². The molecule has 1 aliphatic carbocycles. The minimum atomic E-state index is -1.09. The van der Waals surface area contributed by atoms with Gasteiger partial charge in [-0.05, 0) is 45.3 Å². The van der Waals surface area contributed by atoms with E-state index in [0.29, 0.717) is 24.0 Å². The number of carbonyl (C=O) groups excluding carboxylic acids is 3. The molecule has 0 amide bonds. The number of carbonyl (C=O) groups is 3. The van der Waals surface area contributed by atoms with Gasteiger partial charge in [0.2, 0.25) is 0 Å². The van der Waals surface area contributed by atoms with Crippen molar-refractivity contribution in [2.24, 2.45) is 5.92 Å². The lowest BCUT2D eigenvalue weighted by molar-refractivity contribution is -0.166. The molecule has 0 saturated carbocycles. The van der Waals surface area contributed by atoms with Gasteiger partial charge in [-0.25, -0.2) is 9.59 Å². The highest BCUT2D eigenvalue weighted by Gasteiger charge is 2.49. The number of allylic oxidation sites excluding steroid dienone is 3. The Morgan fingerprint density at radius 2 is 2.03 bits per heavy atom. The van der Waals surface area contributed by atoms with Gasteiger partial charge in [0.1, 0.15) is 6.10 Å². The molecule has 1 N–H and O–H groups in total. The van der Waals surface area contributed by atoms with E-state index in [1.807, 2.05) is 13.0 Å². The first-order valence-corrected chi connectivity index (χ1v) is 9.57. The van der Waals surface area contributed by atoms with Crippen molar-refractivity contribution in [1.29, 1.82) is 0 Å². The van der Waals surface area contributed by atoms with Crippen LogP contribution in [0.25, 0.3) is 0 Å². The lowest BCUT2D eigenvalue weighted by atomic mass is 9.83. The summed E-state index contributed by atoms with van der Waals surface area (Å²) in [6.45, 7) is 9.87. The second-order valence-electron chi connectivity index (χ2n) is 7.28. The van der Waals surface area contributed by atoms with Crippen molar-refractivity contribution in [3.05, 3.63) is 47.1 Å². The lowest BCUT2D eigenvalue weighted by Crippen LogP contribution is -2.45. The van der Waals surface area contributed by atoms with Gasteiger partial charge in [0.15, 0.2) is 12.2 Å². The van der Waals surface area contributed by atoms with Crippen LogP contribution in [0.1, 0.15) is 40.5 Å². The lowest BCUT2D eigenvalue weighted by Gasteiger charge is -2.33. The minimum absolute atomic E-state index is 0.130. The minimum Gasteiger partial charge on any atom is -0.454 e. The Labute approximate surface area is 170 Å². The second kappa shape index (κ2) is 9.69. The number of fused-ring (bicyclic) bond motifs is 1. The summed E-state index contributed by atoms with van der Waals surface area (Å²) < 4.78 is 16.7. The van der Waals surface area contributed by atoms with Crippen LogP contribution in [0.4, 0.5) is 0 Å². The molecule has 29 heavy (non-hydrogen) atoms. The van der Waals surface area contributed by atoms with Crippen molar-refractivity contribution >= 4 is 17.9 Å². The smallest absolute Gasteiger partial charge is 0.334 e. The van der Waals surface area contributed by atoms with Crippen molar-refractivity contribution < 1.29 is 33.7 Å². The van der Waals surface area contributed by atoms with Gasteiger partial charge < -0.3 is 19.3 Å². The maximum atomic E-state index is 12.6. The van der Waals surface area contributed by atoms with Crippen LogP contribution in [-0.2, 0) is 28.6 Å². The van der Waals surface area contributed by atoms with Crippen molar-refractivity contribution in [3.63, 3.8) is 0 Å². The van der Waals surface area contributed by atoms with E-state index in [0.717, 1.165) is 5.57 Å². The molecule has 0 radical (unpaired) electrons. The molecule has 7 nitrogen and oxygen atoms in total. The number of hydrogen-bond donors (Lipinski definition) is 1. The van der Waals surface area contributed by atoms with Crippen molar-refractivity contribution in [3.8, 4) is 0 Å². The largest absolute Gasteiger partial charge is 0.454 e. The zero-order valence-corrected chi connectivity index (χ0v) is 17.3. The SMILES string of the molecule is C=C1C(=O)O[C@@H]2/C=C(\C)CC/C=C(/CO)C(OC(C)=O)[C@@H](OC(=O)/C(C)=C\C)[C@@H]12. The number of rotatable bonds is 4. The van der Waals surface area contributed by atoms with Crippen LogP contribution >= 0.6 is 0 Å². The average molecular weight is 404 g/mol. The number of ether oxygens (including phenoxy) is 3. The van der Waals surface area contributed by atoms with Crippen LogP contribution in [0.3, 0.4) is 0 Å². The van der Waals surface area contributed by atoms with Crippen molar-refractivity contribution in [1.82, 2.24) is 0 Å². The Morgan fingerprint density at radius 1 is 1.34 bits per heavy atom. The zero-order valence-electron chi connectivity index (χ0n) is 17.3. The predicted octanol–water partition coefficient (Wildman–Crippen LogP) is 2.55. The topological polar surface area (TPSA) is 99.1 Å². The third-order valence-corrected chi connectivity index (χ3v) is 5.15. The van der Waals surface area contributed by atoms with Crippen LogP contribution in [0.5, 0.6) is 0 Å². The van der Waals surface area contributed by atoms with E-state index in [-0.39, 0.29) is 5.57 Å². The first-order valence-electron chi connectivity index (χ1n) is 9.57. The normalized spacial score (nSPS) is 31.6. The molecule has 1 fully saturated rings. The van der Waals surface area contributed by atoms with Gasteiger partial charge in [0.05, 0.1) is 12.5 Å². The highest BCUT2D eigenvalue weighted by Crippen LogP contribution is 2.37. The standard InChI is InChI=1S/C22H28O7/c1-6-13(3)21(25)29-20-18-14(4)22(26)28-17(18)10-12(2)8-7-9-16(11-23)19(20)27-15(5)24/h6,9-10,17-20,23H,4,7-8,11H2,1-3,5H3/b12-10+,13-6-,16-9-/t17-,18+,19?,20+/m1/s1. The molecule has 0 aromatic rings. The molecule has 2 rings (SSSR count). The Balaban J connectivity index is 2.62. The monoisotopic (exact) mass is 404 g/mol. The maximum Gasteiger partial charge on any atom is 0.334 e. The first-order chi connectivity index (χ1) is 13.7. The summed E-state index contributed by atoms with van der Waals surface area (Å²) in [5.74, 6) is -2.57. The van der Waals surface area contributed by atoms with Gasteiger partial charge in [-0.3, -0.25) is 4.79 Å². The molecule has 0 aromatic heterocycles. The molecule has 0 bridgehead atoms. The summed E-state index contributed by atoms with van der Waals surface area (Å²) in [6, 6.07) is 0. The van der Waals surface area contributed by atoms with Crippen molar-refractivity contribution in [2.75, 3.05) is 6.61 Å². The van der Waals surface area contributed by atoms with Crippen LogP contribution in [0.2, 0.25) is 0 Å². The average Bonchev–Trinajstić information content (AvgIpc) is 2.93. The third kappa shape index (κ3) is 5.23. The fourth-order valence-electron chi connectivity index (χ4n) is 3.44. The molecule has 1 unspecified atom stereocenters. The summed E-state index contributed by atoms with van der Waals surface area (Å²) in [6.07, 6.45) is 3.56. The Bertz CT molecular complexity index is 787. The van der Waals surface area contributed by atoms with Gasteiger partial charge in [0, 0.05) is 18.1 Å². The number of aliphatic hydroxyl groups excluding tert-OH is 1. The Kier molecular flexibility index (Phi) is 7.56. The second-order valence-corrected chi connectivity index (χ2v) is 7.28. The number of aliphatic hydroxyl groups is 1. The molecule has 1 heterocycles. The van der Waals surface area contributed by atoms with Crippen LogP contribution < -0.4 is 0 Å².